The fourth-order valence-corrected chi connectivity index (χ4v) is 13.7. The molecule has 19 heavy (non-hydrogen) atoms. The molecule has 5 heteroatoms. The Balaban J connectivity index is 4.78. The lowest BCUT2D eigenvalue weighted by Crippen LogP contribution is -2.54. The van der Waals surface area contributed by atoms with E-state index in [2.05, 4.69) is 53.5 Å². The van der Waals surface area contributed by atoms with Gasteiger partial charge in [-0.05, 0) is 51.2 Å². The van der Waals surface area contributed by atoms with E-state index < -0.39 is 25.7 Å². The second kappa shape index (κ2) is 8.77. The molecule has 0 rings (SSSR count). The van der Waals surface area contributed by atoms with Gasteiger partial charge in [0.25, 0.3) is 0 Å². The van der Waals surface area contributed by atoms with Gasteiger partial charge in [-0.2, -0.15) is 0 Å². The fraction of sp³-hybridized carbons (Fsp3) is 1.00. The van der Waals surface area contributed by atoms with Crippen LogP contribution in [0.15, 0.2) is 0 Å². The van der Waals surface area contributed by atoms with E-state index in [9.17, 15) is 0 Å². The second-order valence-electron chi connectivity index (χ2n) is 6.71. The number of unbranched alkanes of at least 4 members (excludes halogenated alkanes) is 1. The van der Waals surface area contributed by atoms with Gasteiger partial charge in [-0.1, -0.05) is 33.6 Å². The smallest absolute Gasteiger partial charge is 0.203 e. The van der Waals surface area contributed by atoms with Gasteiger partial charge in [0, 0.05) is 0 Å². The van der Waals surface area contributed by atoms with Crippen LogP contribution in [0.25, 0.3) is 0 Å². The largest absolute Gasteiger partial charge is 0.457 e. The van der Waals surface area contributed by atoms with Crippen LogP contribution >= 0.6 is 0 Å². The summed E-state index contributed by atoms with van der Waals surface area (Å²) in [5, 5.41) is 0. The van der Waals surface area contributed by atoms with Gasteiger partial charge in [-0.3, -0.25) is 0 Å². The Kier molecular flexibility index (Phi) is 9.03. The Labute approximate surface area is 125 Å². The highest BCUT2D eigenvalue weighted by Gasteiger charge is 2.40. The molecule has 0 aliphatic rings. The van der Waals surface area contributed by atoms with Crippen LogP contribution in [0, 0.1) is 0 Å². The molecule has 0 aromatic carbocycles. The van der Waals surface area contributed by atoms with E-state index in [0.29, 0.717) is 5.73 Å². The third kappa shape index (κ3) is 7.22. The predicted molar refractivity (Wildman–Crippen MR) is 94.4 cm³/mol. The molecule has 0 fully saturated rings. The van der Waals surface area contributed by atoms with E-state index in [4.69, 9.17) is 8.54 Å². The van der Waals surface area contributed by atoms with Gasteiger partial charge in [0.05, 0.1) is 5.73 Å². The van der Waals surface area contributed by atoms with E-state index in [1.54, 1.807) is 0 Å². The first-order chi connectivity index (χ1) is 8.70. The zero-order valence-corrected chi connectivity index (χ0v) is 17.7. The number of rotatable bonds is 10. The molecule has 1 unspecified atom stereocenters. The van der Waals surface area contributed by atoms with Gasteiger partial charge in [0.2, 0.25) is 8.32 Å². The first-order valence-electron chi connectivity index (χ1n) is 8.06. The van der Waals surface area contributed by atoms with Crippen LogP contribution in [-0.2, 0) is 8.54 Å². The lowest BCUT2D eigenvalue weighted by Gasteiger charge is -2.40. The topological polar surface area (TPSA) is 18.5 Å². The monoisotopic (exact) mass is 320 g/mol. The van der Waals surface area contributed by atoms with Crippen molar-refractivity contribution in [3.8, 4) is 0 Å². The Hall–Kier alpha value is 0.571. The summed E-state index contributed by atoms with van der Waals surface area (Å²) in [6.07, 6.45) is 3.69. The lowest BCUT2D eigenvalue weighted by molar-refractivity contribution is 0.232. The highest BCUT2D eigenvalue weighted by atomic mass is 28.4. The summed E-state index contributed by atoms with van der Waals surface area (Å²) >= 11 is 0. The van der Waals surface area contributed by atoms with Gasteiger partial charge < -0.3 is 8.54 Å². The Morgan fingerprint density at radius 1 is 1.05 bits per heavy atom. The molecular formula is C14H36O2Si3. The summed E-state index contributed by atoms with van der Waals surface area (Å²) in [4.78, 5) is 0. The summed E-state index contributed by atoms with van der Waals surface area (Å²) in [5.74, 6) is 0. The average Bonchev–Trinajstić information content (AvgIpc) is 2.32. The molecule has 2 atom stereocenters. The van der Waals surface area contributed by atoms with E-state index in [-0.39, 0.29) is 0 Å². The number of hydrogen-bond acceptors (Lipinski definition) is 2. The Morgan fingerprint density at radius 2 is 1.63 bits per heavy atom. The summed E-state index contributed by atoms with van der Waals surface area (Å²) in [6, 6.07) is 2.46. The molecule has 0 aliphatic heterocycles. The number of hydrogen-bond donors (Lipinski definition) is 0. The van der Waals surface area contributed by atoms with E-state index >= 15 is 0 Å². The minimum absolute atomic E-state index is 0.394. The summed E-state index contributed by atoms with van der Waals surface area (Å²) < 4.78 is 13.1. The van der Waals surface area contributed by atoms with Crippen molar-refractivity contribution in [3.05, 3.63) is 0 Å². The minimum Gasteiger partial charge on any atom is -0.457 e. The van der Waals surface area contributed by atoms with Crippen molar-refractivity contribution in [2.75, 3.05) is 0 Å². The molecule has 0 saturated carbocycles. The zero-order valence-electron chi connectivity index (χ0n) is 14.5. The van der Waals surface area contributed by atoms with Gasteiger partial charge in [-0.25, -0.2) is 0 Å². The van der Waals surface area contributed by atoms with Crippen LogP contribution < -0.4 is 0 Å². The summed E-state index contributed by atoms with van der Waals surface area (Å²) in [7, 11) is -4.18. The van der Waals surface area contributed by atoms with Crippen LogP contribution in [0.3, 0.4) is 0 Å². The molecule has 0 bridgehead atoms. The second-order valence-corrected chi connectivity index (χ2v) is 18.0. The third-order valence-corrected chi connectivity index (χ3v) is 13.9. The first-order valence-corrected chi connectivity index (χ1v) is 16.6. The van der Waals surface area contributed by atoms with Crippen molar-refractivity contribution < 1.29 is 8.54 Å². The van der Waals surface area contributed by atoms with Crippen LogP contribution in [0.1, 0.15) is 40.0 Å². The van der Waals surface area contributed by atoms with Gasteiger partial charge in [-0.15, -0.1) is 0 Å². The van der Waals surface area contributed by atoms with Gasteiger partial charge in [0.15, 0.2) is 17.4 Å². The van der Waals surface area contributed by atoms with Crippen molar-refractivity contribution >= 4 is 25.7 Å². The highest BCUT2D eigenvalue weighted by molar-refractivity contribution is 6.81. The third-order valence-electron chi connectivity index (χ3n) is 3.85. The van der Waals surface area contributed by atoms with Crippen molar-refractivity contribution in [3.63, 3.8) is 0 Å². The predicted octanol–water partition coefficient (Wildman–Crippen LogP) is 4.92. The van der Waals surface area contributed by atoms with Crippen molar-refractivity contribution in [2.24, 2.45) is 0 Å². The normalized spacial score (nSPS) is 17.5. The molecule has 0 aromatic rings. The molecule has 0 N–H and O–H groups in total. The molecular weight excluding hydrogens is 284 g/mol. The zero-order chi connectivity index (χ0) is 15.1. The molecule has 0 spiro atoms. The van der Waals surface area contributed by atoms with E-state index in [0.717, 1.165) is 6.42 Å². The lowest BCUT2D eigenvalue weighted by atomic mass is 10.4. The average molecular weight is 321 g/mol. The summed E-state index contributed by atoms with van der Waals surface area (Å²) in [6.45, 7) is 18.5. The van der Waals surface area contributed by atoms with Crippen LogP contribution in [-0.4, -0.2) is 31.4 Å². The standard InChI is InChI=1S/C14H36O2Si3/c1-9-12-13-18(6,7)15-14(10-2)19(8,11-3)16-17(4)5/h14,17H,9-13H2,1-8H3/t14-,19?/m1/s1. The highest BCUT2D eigenvalue weighted by Crippen LogP contribution is 2.27. The van der Waals surface area contributed by atoms with E-state index in [1.807, 2.05) is 0 Å². The van der Waals surface area contributed by atoms with Crippen molar-refractivity contribution in [1.29, 1.82) is 0 Å². The maximum atomic E-state index is 6.64. The minimum atomic E-state index is -1.69. The first kappa shape index (κ1) is 19.6. The molecule has 0 saturated heterocycles. The molecule has 0 aromatic heterocycles. The SMILES string of the molecule is CCCC[Si](C)(C)O[C@@H](CC)[Si](C)(CC)O[SiH](C)C. The molecule has 2 nitrogen and oxygen atoms in total. The Morgan fingerprint density at radius 3 is 2.00 bits per heavy atom. The van der Waals surface area contributed by atoms with Crippen LogP contribution in [0.4, 0.5) is 0 Å². The molecule has 0 aliphatic carbocycles. The quantitative estimate of drug-likeness (QED) is 0.532. The molecule has 0 heterocycles. The maximum absolute atomic E-state index is 6.64. The van der Waals surface area contributed by atoms with Crippen LogP contribution in [0.5, 0.6) is 0 Å². The van der Waals surface area contributed by atoms with Crippen molar-refractivity contribution in [1.82, 2.24) is 0 Å². The molecule has 0 radical (unpaired) electrons. The van der Waals surface area contributed by atoms with Crippen molar-refractivity contribution in [2.45, 2.75) is 90.6 Å². The molecule has 0 amide bonds. The van der Waals surface area contributed by atoms with Gasteiger partial charge in [0.1, 0.15) is 0 Å². The van der Waals surface area contributed by atoms with Gasteiger partial charge >= 0.3 is 0 Å². The maximum Gasteiger partial charge on any atom is 0.203 e. The van der Waals surface area contributed by atoms with E-state index in [1.165, 1.54) is 24.9 Å². The summed E-state index contributed by atoms with van der Waals surface area (Å²) in [5.41, 5.74) is 0.394. The Bertz CT molecular complexity index is 247. The van der Waals surface area contributed by atoms with Crippen LogP contribution in [0.2, 0.25) is 44.8 Å². The molecule has 116 valence electrons. The fourth-order valence-electron chi connectivity index (χ4n) is 2.61.